The molecule has 0 radical (unpaired) electrons. The van der Waals surface area contributed by atoms with Crippen LogP contribution in [0.2, 0.25) is 0 Å². The third kappa shape index (κ3) is 2.47. The second-order valence-corrected chi connectivity index (χ2v) is 3.99. The minimum Gasteiger partial charge on any atom is -0.382 e. The Morgan fingerprint density at radius 1 is 1.18 bits per heavy atom. The average molecular weight is 232 g/mol. The Kier molecular flexibility index (Phi) is 3.15. The molecular weight excluding hydrogens is 219 g/mol. The molecule has 1 unspecified atom stereocenters. The zero-order chi connectivity index (χ0) is 12.4. The SMILES string of the molecule is Cc1cnc(C(O)c2ccc(C)c(F)c2)cn1. The molecule has 2 rings (SSSR count). The van der Waals surface area contributed by atoms with Gasteiger partial charge in [-0.2, -0.15) is 0 Å². The van der Waals surface area contributed by atoms with E-state index in [0.29, 0.717) is 16.8 Å². The van der Waals surface area contributed by atoms with Gasteiger partial charge in [-0.05, 0) is 31.0 Å². The number of benzene rings is 1. The van der Waals surface area contributed by atoms with Crippen molar-refractivity contribution in [2.45, 2.75) is 20.0 Å². The molecule has 1 atom stereocenters. The molecule has 1 N–H and O–H groups in total. The van der Waals surface area contributed by atoms with Gasteiger partial charge in [0.2, 0.25) is 0 Å². The molecule has 3 nitrogen and oxygen atoms in total. The Morgan fingerprint density at radius 2 is 1.94 bits per heavy atom. The Morgan fingerprint density at radius 3 is 2.53 bits per heavy atom. The average Bonchev–Trinajstić information content (AvgIpc) is 2.33. The lowest BCUT2D eigenvalue weighted by Crippen LogP contribution is -2.04. The van der Waals surface area contributed by atoms with Gasteiger partial charge in [-0.25, -0.2) is 4.39 Å². The molecule has 0 spiro atoms. The van der Waals surface area contributed by atoms with Gasteiger partial charge in [-0.15, -0.1) is 0 Å². The zero-order valence-corrected chi connectivity index (χ0v) is 9.68. The summed E-state index contributed by atoms with van der Waals surface area (Å²) >= 11 is 0. The summed E-state index contributed by atoms with van der Waals surface area (Å²) in [5.74, 6) is -0.332. The lowest BCUT2D eigenvalue weighted by molar-refractivity contribution is 0.214. The van der Waals surface area contributed by atoms with Crippen LogP contribution in [-0.2, 0) is 0 Å². The Bertz CT molecular complexity index is 525. The molecule has 1 aromatic heterocycles. The van der Waals surface area contributed by atoms with E-state index in [1.54, 1.807) is 25.3 Å². The van der Waals surface area contributed by atoms with Crippen LogP contribution in [0.3, 0.4) is 0 Å². The summed E-state index contributed by atoms with van der Waals surface area (Å²) < 4.78 is 13.4. The highest BCUT2D eigenvalue weighted by molar-refractivity contribution is 5.29. The fraction of sp³-hybridized carbons (Fsp3) is 0.231. The van der Waals surface area contributed by atoms with E-state index >= 15 is 0 Å². The fourth-order valence-corrected chi connectivity index (χ4v) is 1.49. The topological polar surface area (TPSA) is 46.0 Å². The highest BCUT2D eigenvalue weighted by atomic mass is 19.1. The van der Waals surface area contributed by atoms with Crippen LogP contribution in [0.25, 0.3) is 0 Å². The molecule has 1 aromatic carbocycles. The van der Waals surface area contributed by atoms with Crippen LogP contribution in [-0.4, -0.2) is 15.1 Å². The van der Waals surface area contributed by atoms with E-state index in [9.17, 15) is 9.50 Å². The highest BCUT2D eigenvalue weighted by Gasteiger charge is 2.13. The summed E-state index contributed by atoms with van der Waals surface area (Å²) in [5, 5.41) is 10.0. The van der Waals surface area contributed by atoms with Crippen LogP contribution in [0.1, 0.15) is 28.6 Å². The minimum atomic E-state index is -0.946. The maximum Gasteiger partial charge on any atom is 0.126 e. The summed E-state index contributed by atoms with van der Waals surface area (Å²) in [5.41, 5.74) is 2.22. The van der Waals surface area contributed by atoms with Gasteiger partial charge in [0.25, 0.3) is 0 Å². The summed E-state index contributed by atoms with van der Waals surface area (Å²) in [4.78, 5) is 8.12. The number of nitrogens with zero attached hydrogens (tertiary/aromatic N) is 2. The molecule has 2 aromatic rings. The Balaban J connectivity index is 2.33. The van der Waals surface area contributed by atoms with E-state index in [-0.39, 0.29) is 5.82 Å². The van der Waals surface area contributed by atoms with Crippen LogP contribution >= 0.6 is 0 Å². The maximum atomic E-state index is 13.4. The first kappa shape index (κ1) is 11.7. The predicted molar refractivity (Wildman–Crippen MR) is 62.0 cm³/mol. The van der Waals surface area contributed by atoms with Crippen molar-refractivity contribution >= 4 is 0 Å². The molecule has 4 heteroatoms. The number of hydrogen-bond donors (Lipinski definition) is 1. The molecule has 1 heterocycles. The Hall–Kier alpha value is -1.81. The molecule has 0 fully saturated rings. The molecule has 0 bridgehead atoms. The van der Waals surface area contributed by atoms with Crippen molar-refractivity contribution in [2.24, 2.45) is 0 Å². The first-order valence-electron chi connectivity index (χ1n) is 5.30. The number of aliphatic hydroxyl groups is 1. The summed E-state index contributed by atoms with van der Waals surface area (Å²) in [6, 6.07) is 4.64. The smallest absolute Gasteiger partial charge is 0.126 e. The predicted octanol–water partition coefficient (Wildman–Crippen LogP) is 2.31. The lowest BCUT2D eigenvalue weighted by Gasteiger charge is -2.11. The van der Waals surface area contributed by atoms with Gasteiger partial charge in [-0.1, -0.05) is 12.1 Å². The molecule has 0 aliphatic heterocycles. The molecule has 0 saturated heterocycles. The molecular formula is C13H13FN2O. The molecule has 0 aliphatic carbocycles. The van der Waals surface area contributed by atoms with Crippen molar-refractivity contribution in [3.8, 4) is 0 Å². The maximum absolute atomic E-state index is 13.4. The van der Waals surface area contributed by atoms with Crippen LogP contribution in [0, 0.1) is 19.7 Å². The molecule has 0 aliphatic rings. The molecule has 88 valence electrons. The summed E-state index contributed by atoms with van der Waals surface area (Å²) in [6.45, 7) is 3.49. The van der Waals surface area contributed by atoms with Gasteiger partial charge in [-0.3, -0.25) is 9.97 Å². The van der Waals surface area contributed by atoms with Gasteiger partial charge in [0.1, 0.15) is 11.9 Å². The fourth-order valence-electron chi connectivity index (χ4n) is 1.49. The second kappa shape index (κ2) is 4.59. The van der Waals surface area contributed by atoms with E-state index in [4.69, 9.17) is 0 Å². The number of hydrogen-bond acceptors (Lipinski definition) is 3. The van der Waals surface area contributed by atoms with Gasteiger partial charge in [0.15, 0.2) is 0 Å². The molecule has 0 saturated carbocycles. The van der Waals surface area contributed by atoms with Crippen molar-refractivity contribution < 1.29 is 9.50 Å². The van der Waals surface area contributed by atoms with E-state index in [1.807, 2.05) is 6.92 Å². The number of halogens is 1. The van der Waals surface area contributed by atoms with Crippen molar-refractivity contribution in [1.82, 2.24) is 9.97 Å². The number of rotatable bonds is 2. The van der Waals surface area contributed by atoms with Crippen LogP contribution in [0.5, 0.6) is 0 Å². The van der Waals surface area contributed by atoms with Crippen LogP contribution in [0.4, 0.5) is 4.39 Å². The standard InChI is InChI=1S/C13H13FN2O/c1-8-3-4-10(5-11(8)14)13(17)12-7-15-9(2)6-16-12/h3-7,13,17H,1-2H3. The molecule has 17 heavy (non-hydrogen) atoms. The van der Waals surface area contributed by atoms with E-state index < -0.39 is 6.10 Å². The van der Waals surface area contributed by atoms with E-state index in [0.717, 1.165) is 5.69 Å². The second-order valence-electron chi connectivity index (χ2n) is 3.99. The number of aliphatic hydroxyl groups excluding tert-OH is 1. The molecule has 0 amide bonds. The summed E-state index contributed by atoms with van der Waals surface area (Å²) in [6.07, 6.45) is 2.12. The quantitative estimate of drug-likeness (QED) is 0.864. The van der Waals surface area contributed by atoms with E-state index in [2.05, 4.69) is 9.97 Å². The third-order valence-electron chi connectivity index (χ3n) is 2.59. The van der Waals surface area contributed by atoms with Crippen LogP contribution < -0.4 is 0 Å². The number of aryl methyl sites for hydroxylation is 2. The Labute approximate surface area is 99.0 Å². The zero-order valence-electron chi connectivity index (χ0n) is 9.68. The largest absolute Gasteiger partial charge is 0.382 e. The van der Waals surface area contributed by atoms with Gasteiger partial charge >= 0.3 is 0 Å². The van der Waals surface area contributed by atoms with Crippen molar-refractivity contribution in [3.63, 3.8) is 0 Å². The van der Waals surface area contributed by atoms with Gasteiger partial charge in [0, 0.05) is 6.20 Å². The normalized spacial score (nSPS) is 12.5. The highest BCUT2D eigenvalue weighted by Crippen LogP contribution is 2.21. The lowest BCUT2D eigenvalue weighted by atomic mass is 10.0. The first-order valence-corrected chi connectivity index (χ1v) is 5.30. The first-order chi connectivity index (χ1) is 8.08. The summed E-state index contributed by atoms with van der Waals surface area (Å²) in [7, 11) is 0. The van der Waals surface area contributed by atoms with Crippen molar-refractivity contribution in [1.29, 1.82) is 0 Å². The van der Waals surface area contributed by atoms with E-state index in [1.165, 1.54) is 12.3 Å². The van der Waals surface area contributed by atoms with Gasteiger partial charge < -0.3 is 5.11 Å². The third-order valence-corrected chi connectivity index (χ3v) is 2.59. The minimum absolute atomic E-state index is 0.332. The van der Waals surface area contributed by atoms with Gasteiger partial charge in [0.05, 0.1) is 17.6 Å². The van der Waals surface area contributed by atoms with Crippen molar-refractivity contribution in [2.75, 3.05) is 0 Å². The van der Waals surface area contributed by atoms with Crippen LogP contribution in [0.15, 0.2) is 30.6 Å². The van der Waals surface area contributed by atoms with Crippen molar-refractivity contribution in [3.05, 3.63) is 58.9 Å². The number of aromatic nitrogens is 2. The monoisotopic (exact) mass is 232 g/mol.